The van der Waals surface area contributed by atoms with E-state index in [0.717, 1.165) is 6.42 Å². The summed E-state index contributed by atoms with van der Waals surface area (Å²) in [5.41, 5.74) is 1.18. The molecule has 0 aliphatic rings. The Bertz CT molecular complexity index is 341. The summed E-state index contributed by atoms with van der Waals surface area (Å²) < 4.78 is 5.41. The normalized spacial score (nSPS) is 10.9. The van der Waals surface area contributed by atoms with Gasteiger partial charge in [0.1, 0.15) is 5.78 Å². The van der Waals surface area contributed by atoms with E-state index in [1.165, 1.54) is 5.56 Å². The zero-order valence-electron chi connectivity index (χ0n) is 10.4. The van der Waals surface area contributed by atoms with Gasteiger partial charge < -0.3 is 4.74 Å². The number of carbonyl (C=O) groups is 1. The van der Waals surface area contributed by atoms with Gasteiger partial charge in [-0.2, -0.15) is 0 Å². The number of benzene rings is 1. The minimum atomic E-state index is 0.313. The van der Waals surface area contributed by atoms with Gasteiger partial charge in [0.2, 0.25) is 0 Å². The molecule has 0 amide bonds. The van der Waals surface area contributed by atoms with Crippen molar-refractivity contribution >= 4 is 11.9 Å². The van der Waals surface area contributed by atoms with Crippen LogP contribution in [0.25, 0.3) is 6.08 Å². The van der Waals surface area contributed by atoms with Crippen LogP contribution in [-0.4, -0.2) is 19.0 Å². The first-order valence-electron chi connectivity index (χ1n) is 6.14. The molecule has 2 nitrogen and oxygen atoms in total. The molecule has 1 aromatic rings. The van der Waals surface area contributed by atoms with E-state index < -0.39 is 0 Å². The van der Waals surface area contributed by atoms with Crippen molar-refractivity contribution in [2.75, 3.05) is 13.2 Å². The van der Waals surface area contributed by atoms with Gasteiger partial charge in [0, 0.05) is 19.4 Å². The maximum atomic E-state index is 11.0. The van der Waals surface area contributed by atoms with Crippen molar-refractivity contribution in [2.45, 2.75) is 26.2 Å². The SMILES string of the molecule is CCC(=O)CCCOC/C=C/c1ccccc1. The lowest BCUT2D eigenvalue weighted by atomic mass is 10.2. The molecule has 1 aromatic carbocycles. The number of carbonyl (C=O) groups excluding carboxylic acids is 1. The summed E-state index contributed by atoms with van der Waals surface area (Å²) in [6.07, 6.45) is 6.13. The average Bonchev–Trinajstić information content (AvgIpc) is 2.38. The van der Waals surface area contributed by atoms with E-state index in [1.807, 2.05) is 37.3 Å². The highest BCUT2D eigenvalue weighted by atomic mass is 16.5. The molecule has 0 saturated carbocycles. The first kappa shape index (κ1) is 13.7. The number of hydrogen-bond acceptors (Lipinski definition) is 2. The third-order valence-electron chi connectivity index (χ3n) is 2.46. The third kappa shape index (κ3) is 6.69. The van der Waals surface area contributed by atoms with Crippen LogP contribution in [0.1, 0.15) is 31.7 Å². The minimum absolute atomic E-state index is 0.313. The Kier molecular flexibility index (Phi) is 6.99. The van der Waals surface area contributed by atoms with E-state index in [9.17, 15) is 4.79 Å². The highest BCUT2D eigenvalue weighted by molar-refractivity contribution is 5.77. The second-order valence-electron chi connectivity index (χ2n) is 3.88. The number of hydrogen-bond donors (Lipinski definition) is 0. The number of ketones is 1. The van der Waals surface area contributed by atoms with Gasteiger partial charge in [-0.1, -0.05) is 49.4 Å². The zero-order chi connectivity index (χ0) is 12.3. The van der Waals surface area contributed by atoms with Gasteiger partial charge in [0.25, 0.3) is 0 Å². The van der Waals surface area contributed by atoms with Gasteiger partial charge in [0.15, 0.2) is 0 Å². The highest BCUT2D eigenvalue weighted by Gasteiger charge is 1.96. The van der Waals surface area contributed by atoms with Gasteiger partial charge in [-0.25, -0.2) is 0 Å². The molecule has 0 unspecified atom stereocenters. The molecular formula is C15H20O2. The van der Waals surface area contributed by atoms with Crippen LogP contribution in [-0.2, 0) is 9.53 Å². The number of ether oxygens (including phenoxy) is 1. The molecule has 0 aliphatic heterocycles. The molecule has 0 atom stereocenters. The molecule has 0 radical (unpaired) electrons. The fourth-order valence-electron chi connectivity index (χ4n) is 1.45. The largest absolute Gasteiger partial charge is 0.377 e. The molecular weight excluding hydrogens is 212 g/mol. The van der Waals surface area contributed by atoms with Crippen LogP contribution in [0.2, 0.25) is 0 Å². The predicted octanol–water partition coefficient (Wildman–Crippen LogP) is 3.48. The van der Waals surface area contributed by atoms with Crippen LogP contribution < -0.4 is 0 Å². The molecule has 0 aliphatic carbocycles. The second kappa shape index (κ2) is 8.71. The van der Waals surface area contributed by atoms with E-state index in [0.29, 0.717) is 31.8 Å². The summed E-state index contributed by atoms with van der Waals surface area (Å²) in [6.45, 7) is 3.16. The highest BCUT2D eigenvalue weighted by Crippen LogP contribution is 2.01. The monoisotopic (exact) mass is 232 g/mol. The first-order chi connectivity index (χ1) is 8.33. The maximum Gasteiger partial charge on any atom is 0.132 e. The third-order valence-corrected chi connectivity index (χ3v) is 2.46. The second-order valence-corrected chi connectivity index (χ2v) is 3.88. The molecule has 17 heavy (non-hydrogen) atoms. The lowest BCUT2D eigenvalue weighted by molar-refractivity contribution is -0.119. The quantitative estimate of drug-likeness (QED) is 0.641. The molecule has 0 heterocycles. The predicted molar refractivity (Wildman–Crippen MR) is 70.8 cm³/mol. The summed E-state index contributed by atoms with van der Waals surface area (Å²) in [7, 11) is 0. The van der Waals surface area contributed by atoms with Crippen molar-refractivity contribution in [1.29, 1.82) is 0 Å². The molecule has 0 bridgehead atoms. The van der Waals surface area contributed by atoms with Crippen LogP contribution in [0.4, 0.5) is 0 Å². The van der Waals surface area contributed by atoms with Crippen LogP contribution >= 0.6 is 0 Å². The van der Waals surface area contributed by atoms with Crippen LogP contribution in [0.5, 0.6) is 0 Å². The van der Waals surface area contributed by atoms with Gasteiger partial charge >= 0.3 is 0 Å². The van der Waals surface area contributed by atoms with Gasteiger partial charge in [-0.15, -0.1) is 0 Å². The van der Waals surface area contributed by atoms with Crippen molar-refractivity contribution in [3.63, 3.8) is 0 Å². The van der Waals surface area contributed by atoms with Crippen molar-refractivity contribution in [3.8, 4) is 0 Å². The lowest BCUT2D eigenvalue weighted by Crippen LogP contribution is -2.00. The van der Waals surface area contributed by atoms with Crippen LogP contribution in [0, 0.1) is 0 Å². The van der Waals surface area contributed by atoms with Crippen LogP contribution in [0.3, 0.4) is 0 Å². The molecule has 1 rings (SSSR count). The molecule has 0 fully saturated rings. The molecule has 0 saturated heterocycles. The fourth-order valence-corrected chi connectivity index (χ4v) is 1.45. The summed E-state index contributed by atoms with van der Waals surface area (Å²) in [5, 5.41) is 0. The summed E-state index contributed by atoms with van der Waals surface area (Å²) in [6, 6.07) is 10.1. The lowest BCUT2D eigenvalue weighted by Gasteiger charge is -2.00. The molecule has 0 spiro atoms. The standard InChI is InChI=1S/C15H20O2/c1-2-15(16)11-7-13-17-12-6-10-14-8-4-3-5-9-14/h3-6,8-10H,2,7,11-13H2,1H3/b10-6+. The first-order valence-corrected chi connectivity index (χ1v) is 6.14. The minimum Gasteiger partial charge on any atom is -0.377 e. The van der Waals surface area contributed by atoms with Crippen molar-refractivity contribution in [1.82, 2.24) is 0 Å². The van der Waals surface area contributed by atoms with Crippen molar-refractivity contribution in [3.05, 3.63) is 42.0 Å². The van der Waals surface area contributed by atoms with E-state index in [2.05, 4.69) is 12.1 Å². The maximum absolute atomic E-state index is 11.0. The zero-order valence-corrected chi connectivity index (χ0v) is 10.4. The van der Waals surface area contributed by atoms with Gasteiger partial charge in [-0.3, -0.25) is 4.79 Å². The Hall–Kier alpha value is -1.41. The topological polar surface area (TPSA) is 26.3 Å². The molecule has 0 aromatic heterocycles. The van der Waals surface area contributed by atoms with E-state index in [1.54, 1.807) is 0 Å². The van der Waals surface area contributed by atoms with E-state index in [4.69, 9.17) is 4.74 Å². The molecule has 0 N–H and O–H groups in total. The van der Waals surface area contributed by atoms with Crippen LogP contribution in [0.15, 0.2) is 36.4 Å². The summed E-state index contributed by atoms with van der Waals surface area (Å²) >= 11 is 0. The van der Waals surface area contributed by atoms with Crippen molar-refractivity contribution in [2.24, 2.45) is 0 Å². The van der Waals surface area contributed by atoms with Crippen molar-refractivity contribution < 1.29 is 9.53 Å². The Morgan fingerprint density at radius 3 is 2.76 bits per heavy atom. The Balaban J connectivity index is 2.05. The van der Waals surface area contributed by atoms with Gasteiger partial charge in [-0.05, 0) is 12.0 Å². The number of Topliss-reactive ketones (excluding diaryl/α,β-unsaturated/α-hetero) is 1. The van der Waals surface area contributed by atoms with Gasteiger partial charge in [0.05, 0.1) is 6.61 Å². The van der Waals surface area contributed by atoms with E-state index >= 15 is 0 Å². The summed E-state index contributed by atoms with van der Waals surface area (Å²) in [4.78, 5) is 11.0. The average molecular weight is 232 g/mol. The Morgan fingerprint density at radius 1 is 1.29 bits per heavy atom. The van der Waals surface area contributed by atoms with E-state index in [-0.39, 0.29) is 0 Å². The fraction of sp³-hybridized carbons (Fsp3) is 0.400. The Morgan fingerprint density at radius 2 is 2.06 bits per heavy atom. The molecule has 2 heteroatoms. The number of rotatable bonds is 8. The Labute approximate surface area is 103 Å². The molecule has 92 valence electrons. The smallest absolute Gasteiger partial charge is 0.132 e. The summed E-state index contributed by atoms with van der Waals surface area (Å²) in [5.74, 6) is 0.313.